The highest BCUT2D eigenvalue weighted by atomic mass is 32.2. The van der Waals surface area contributed by atoms with Gasteiger partial charge in [-0.15, -0.1) is 10.2 Å². The lowest BCUT2D eigenvalue weighted by atomic mass is 10.1. The lowest BCUT2D eigenvalue weighted by Crippen LogP contribution is -2.36. The third-order valence-electron chi connectivity index (χ3n) is 5.49. The van der Waals surface area contributed by atoms with Crippen LogP contribution in [0.15, 0.2) is 51.7 Å². The van der Waals surface area contributed by atoms with Crippen molar-refractivity contribution in [2.75, 3.05) is 25.5 Å². The molecular weight excluding hydrogens is 527 g/mol. The quantitative estimate of drug-likeness (QED) is 0.252. The maximum absolute atomic E-state index is 14.4. The van der Waals surface area contributed by atoms with E-state index < -0.39 is 32.6 Å². The first-order valence-electron chi connectivity index (χ1n) is 11.0. The Morgan fingerprint density at radius 2 is 1.78 bits per heavy atom. The van der Waals surface area contributed by atoms with Gasteiger partial charge >= 0.3 is 5.97 Å². The summed E-state index contributed by atoms with van der Waals surface area (Å²) in [6, 6.07) is 10.3. The van der Waals surface area contributed by atoms with Crippen molar-refractivity contribution in [3.05, 3.63) is 65.0 Å². The number of benzene rings is 2. The zero-order valence-corrected chi connectivity index (χ0v) is 21.7. The van der Waals surface area contributed by atoms with Gasteiger partial charge in [0.05, 0.1) is 12.7 Å². The van der Waals surface area contributed by atoms with Crippen molar-refractivity contribution < 1.29 is 27.1 Å². The van der Waals surface area contributed by atoms with Gasteiger partial charge in [0, 0.05) is 24.4 Å². The number of hydrogen-bond acceptors (Lipinski definition) is 9. The van der Waals surface area contributed by atoms with Gasteiger partial charge in [0.25, 0.3) is 5.91 Å². The van der Waals surface area contributed by atoms with Crippen molar-refractivity contribution in [1.29, 1.82) is 0 Å². The molecule has 2 aromatic carbocycles. The highest BCUT2D eigenvalue weighted by molar-refractivity contribution is 8.00. The number of methoxy groups -OCH3 is 1. The molecule has 0 spiro atoms. The summed E-state index contributed by atoms with van der Waals surface area (Å²) < 4.78 is 46.8. The standard InChI is InChI=1S/C23H23FN4O5S3/c1-33-21(30)16-7-5-15(6-8-16)14-34-23-27-26-22(35-23)25-20(29)17-9-10-18(24)19(13-17)36(31,32)28-11-3-2-4-12-28/h5-10,13H,2-4,11-12,14H2,1H3,(H,25,26,29). The molecule has 4 rings (SSSR count). The largest absolute Gasteiger partial charge is 0.465 e. The summed E-state index contributed by atoms with van der Waals surface area (Å²) in [6.45, 7) is 0.664. The Morgan fingerprint density at radius 3 is 2.47 bits per heavy atom. The second-order valence-electron chi connectivity index (χ2n) is 7.91. The number of nitrogens with one attached hydrogen (secondary N) is 1. The van der Waals surface area contributed by atoms with Gasteiger partial charge in [-0.25, -0.2) is 17.6 Å². The smallest absolute Gasteiger partial charge is 0.337 e. The summed E-state index contributed by atoms with van der Waals surface area (Å²) in [7, 11) is -2.71. The molecule has 0 saturated carbocycles. The summed E-state index contributed by atoms with van der Waals surface area (Å²) in [5.74, 6) is -1.35. The zero-order chi connectivity index (χ0) is 25.7. The summed E-state index contributed by atoms with van der Waals surface area (Å²) in [5.41, 5.74) is 1.42. The number of hydrogen-bond donors (Lipinski definition) is 1. The molecule has 0 unspecified atom stereocenters. The van der Waals surface area contributed by atoms with Gasteiger partial charge in [-0.05, 0) is 48.7 Å². The van der Waals surface area contributed by atoms with E-state index in [1.165, 1.54) is 29.2 Å². The van der Waals surface area contributed by atoms with E-state index in [1.54, 1.807) is 12.1 Å². The molecule has 1 aromatic heterocycles. The molecule has 9 nitrogen and oxygen atoms in total. The summed E-state index contributed by atoms with van der Waals surface area (Å²) in [5, 5.41) is 10.8. The number of carbonyl (C=O) groups is 2. The highest BCUT2D eigenvalue weighted by Crippen LogP contribution is 2.29. The molecule has 1 amide bonds. The molecule has 190 valence electrons. The molecule has 2 heterocycles. The predicted octanol–water partition coefficient (Wildman–Crippen LogP) is 4.18. The summed E-state index contributed by atoms with van der Waals surface area (Å²) in [6.07, 6.45) is 2.37. The first kappa shape index (κ1) is 26.2. The molecule has 0 bridgehead atoms. The average molecular weight is 551 g/mol. The Morgan fingerprint density at radius 1 is 1.08 bits per heavy atom. The molecule has 36 heavy (non-hydrogen) atoms. The van der Waals surface area contributed by atoms with Crippen LogP contribution in [0.2, 0.25) is 0 Å². The fraction of sp³-hybridized carbons (Fsp3) is 0.304. The first-order chi connectivity index (χ1) is 17.3. The van der Waals surface area contributed by atoms with Crippen LogP contribution >= 0.6 is 23.1 Å². The number of halogens is 1. The van der Waals surface area contributed by atoms with E-state index in [2.05, 4.69) is 20.3 Å². The number of carbonyl (C=O) groups excluding carboxylic acids is 2. The van der Waals surface area contributed by atoms with Crippen LogP contribution in [0.5, 0.6) is 0 Å². The third-order valence-corrected chi connectivity index (χ3v) is 9.45. The number of aromatic nitrogens is 2. The normalized spacial score (nSPS) is 14.4. The number of amides is 1. The minimum absolute atomic E-state index is 0.00193. The molecule has 0 atom stereocenters. The van der Waals surface area contributed by atoms with Crippen LogP contribution in [0.25, 0.3) is 0 Å². The molecular formula is C23H23FN4O5S3. The van der Waals surface area contributed by atoms with E-state index in [1.807, 2.05) is 12.1 Å². The minimum Gasteiger partial charge on any atom is -0.465 e. The molecule has 1 fully saturated rings. The Hall–Kier alpha value is -2.87. The Kier molecular flexibility index (Phi) is 8.34. The van der Waals surface area contributed by atoms with Crippen LogP contribution in [0, 0.1) is 5.82 Å². The summed E-state index contributed by atoms with van der Waals surface area (Å²) >= 11 is 2.56. The number of nitrogens with zero attached hydrogens (tertiary/aromatic N) is 3. The van der Waals surface area contributed by atoms with Crippen LogP contribution < -0.4 is 5.32 Å². The Labute approximate surface area is 216 Å². The zero-order valence-electron chi connectivity index (χ0n) is 19.3. The molecule has 13 heteroatoms. The summed E-state index contributed by atoms with van der Waals surface area (Å²) in [4.78, 5) is 23.7. The number of sulfonamides is 1. The first-order valence-corrected chi connectivity index (χ1v) is 14.3. The molecule has 1 saturated heterocycles. The van der Waals surface area contributed by atoms with Crippen molar-refractivity contribution in [3.63, 3.8) is 0 Å². The van der Waals surface area contributed by atoms with Gasteiger partial charge in [0.2, 0.25) is 15.2 Å². The number of piperidine rings is 1. The number of anilines is 1. The van der Waals surface area contributed by atoms with Crippen LogP contribution in [0.4, 0.5) is 9.52 Å². The van der Waals surface area contributed by atoms with E-state index >= 15 is 0 Å². The number of rotatable bonds is 8. The van der Waals surface area contributed by atoms with Crippen molar-refractivity contribution >= 4 is 50.1 Å². The Balaban J connectivity index is 1.40. The maximum atomic E-state index is 14.4. The SMILES string of the molecule is COC(=O)c1ccc(CSc2nnc(NC(=O)c3ccc(F)c(S(=O)(=O)N4CCCCC4)c3)s2)cc1. The Bertz CT molecular complexity index is 1360. The minimum atomic E-state index is -4.04. The lowest BCUT2D eigenvalue weighted by molar-refractivity contribution is 0.0600. The van der Waals surface area contributed by atoms with Crippen LogP contribution in [-0.2, 0) is 20.5 Å². The van der Waals surface area contributed by atoms with Gasteiger partial charge in [0.1, 0.15) is 10.7 Å². The third kappa shape index (κ3) is 6.09. The molecule has 1 N–H and O–H groups in total. The molecule has 0 radical (unpaired) electrons. The van der Waals surface area contributed by atoms with Gasteiger partial charge < -0.3 is 4.74 Å². The molecule has 3 aromatic rings. The molecule has 0 aliphatic carbocycles. The van der Waals surface area contributed by atoms with Gasteiger partial charge in [-0.1, -0.05) is 41.7 Å². The van der Waals surface area contributed by atoms with Gasteiger partial charge in [-0.3, -0.25) is 10.1 Å². The predicted molar refractivity (Wildman–Crippen MR) is 134 cm³/mol. The van der Waals surface area contributed by atoms with E-state index in [-0.39, 0.29) is 10.7 Å². The number of ether oxygens (including phenoxy) is 1. The van der Waals surface area contributed by atoms with E-state index in [0.29, 0.717) is 28.7 Å². The fourth-order valence-corrected chi connectivity index (χ4v) is 6.88. The van der Waals surface area contributed by atoms with Crippen LogP contribution in [0.3, 0.4) is 0 Å². The molecule has 1 aliphatic rings. The second kappa shape index (κ2) is 11.5. The average Bonchev–Trinajstić information content (AvgIpc) is 3.35. The van der Waals surface area contributed by atoms with Gasteiger partial charge in [0.15, 0.2) is 4.34 Å². The van der Waals surface area contributed by atoms with Crippen LogP contribution in [0.1, 0.15) is 45.5 Å². The van der Waals surface area contributed by atoms with E-state index in [4.69, 9.17) is 0 Å². The van der Waals surface area contributed by atoms with Crippen molar-refractivity contribution in [3.8, 4) is 0 Å². The van der Waals surface area contributed by atoms with Crippen molar-refractivity contribution in [2.45, 2.75) is 34.3 Å². The number of esters is 1. The maximum Gasteiger partial charge on any atom is 0.337 e. The fourth-order valence-electron chi connectivity index (χ4n) is 3.57. The number of thioether (sulfide) groups is 1. The highest BCUT2D eigenvalue weighted by Gasteiger charge is 2.29. The lowest BCUT2D eigenvalue weighted by Gasteiger charge is -2.26. The van der Waals surface area contributed by atoms with Crippen molar-refractivity contribution in [2.24, 2.45) is 0 Å². The monoisotopic (exact) mass is 550 g/mol. The van der Waals surface area contributed by atoms with E-state index in [9.17, 15) is 22.4 Å². The van der Waals surface area contributed by atoms with Gasteiger partial charge in [-0.2, -0.15) is 4.31 Å². The van der Waals surface area contributed by atoms with Crippen molar-refractivity contribution in [1.82, 2.24) is 14.5 Å². The topological polar surface area (TPSA) is 119 Å². The van der Waals surface area contributed by atoms with Crippen LogP contribution in [-0.4, -0.2) is 55.0 Å². The van der Waals surface area contributed by atoms with E-state index in [0.717, 1.165) is 48.3 Å². The second-order valence-corrected chi connectivity index (χ2v) is 12.0. The molecule has 1 aliphatic heterocycles.